The summed E-state index contributed by atoms with van der Waals surface area (Å²) in [6.45, 7) is 5.14. The lowest BCUT2D eigenvalue weighted by Gasteiger charge is -2.37. The summed E-state index contributed by atoms with van der Waals surface area (Å²) in [6, 6.07) is 12.0. The van der Waals surface area contributed by atoms with E-state index in [0.29, 0.717) is 31.2 Å². The fourth-order valence-corrected chi connectivity index (χ4v) is 3.66. The number of piperazine rings is 1. The lowest BCUT2D eigenvalue weighted by molar-refractivity contribution is -0.136. The van der Waals surface area contributed by atoms with Crippen LogP contribution in [-0.2, 0) is 9.59 Å². The Kier molecular flexibility index (Phi) is 4.36. The van der Waals surface area contributed by atoms with Gasteiger partial charge in [-0.2, -0.15) is 0 Å². The maximum atomic E-state index is 12.9. The van der Waals surface area contributed by atoms with Crippen molar-refractivity contribution >= 4 is 23.3 Å². The fraction of sp³-hybridized carbons (Fsp3) is 0.421. The van der Waals surface area contributed by atoms with Crippen LogP contribution in [0.3, 0.4) is 0 Å². The standard InChI is InChI=1S/C19H22N4O3/c1-14-11-17(20-26-14)23-13-15(12-18(23)24)19(25)22-9-7-21(8-10-22)16-5-3-2-4-6-16/h2-6,11,15H,7-10,12-13H2,1H3. The van der Waals surface area contributed by atoms with Crippen LogP contribution in [0.25, 0.3) is 0 Å². The van der Waals surface area contributed by atoms with Crippen molar-refractivity contribution in [2.75, 3.05) is 42.5 Å². The zero-order valence-electron chi connectivity index (χ0n) is 14.8. The number of para-hydroxylation sites is 1. The van der Waals surface area contributed by atoms with E-state index >= 15 is 0 Å². The molecule has 0 aliphatic carbocycles. The molecule has 4 rings (SSSR count). The van der Waals surface area contributed by atoms with Gasteiger partial charge in [-0.05, 0) is 19.1 Å². The van der Waals surface area contributed by atoms with Gasteiger partial charge in [-0.15, -0.1) is 0 Å². The quantitative estimate of drug-likeness (QED) is 0.839. The normalized spacial score (nSPS) is 20.7. The summed E-state index contributed by atoms with van der Waals surface area (Å²) >= 11 is 0. The average molecular weight is 354 g/mol. The number of rotatable bonds is 3. The Hall–Kier alpha value is -2.83. The monoisotopic (exact) mass is 354 g/mol. The van der Waals surface area contributed by atoms with Crippen LogP contribution in [0, 0.1) is 12.8 Å². The summed E-state index contributed by atoms with van der Waals surface area (Å²) in [4.78, 5) is 30.9. The van der Waals surface area contributed by atoms with E-state index in [9.17, 15) is 9.59 Å². The van der Waals surface area contributed by atoms with Gasteiger partial charge in [0.1, 0.15) is 5.76 Å². The van der Waals surface area contributed by atoms with Crippen LogP contribution >= 0.6 is 0 Å². The summed E-state index contributed by atoms with van der Waals surface area (Å²) in [7, 11) is 0. The minimum Gasteiger partial charge on any atom is -0.368 e. The largest absolute Gasteiger partial charge is 0.368 e. The summed E-state index contributed by atoms with van der Waals surface area (Å²) in [5.41, 5.74) is 1.18. The molecule has 1 unspecified atom stereocenters. The number of carbonyl (C=O) groups excluding carboxylic acids is 2. The van der Waals surface area contributed by atoms with Crippen molar-refractivity contribution in [1.82, 2.24) is 10.1 Å². The molecule has 2 aliphatic rings. The SMILES string of the molecule is Cc1cc(N2CC(C(=O)N3CCN(c4ccccc4)CC3)CC2=O)no1. The number of benzene rings is 1. The van der Waals surface area contributed by atoms with E-state index in [1.54, 1.807) is 17.9 Å². The lowest BCUT2D eigenvalue weighted by atomic mass is 10.1. The van der Waals surface area contributed by atoms with Crippen molar-refractivity contribution in [1.29, 1.82) is 0 Å². The predicted octanol–water partition coefficient (Wildman–Crippen LogP) is 1.68. The maximum absolute atomic E-state index is 12.9. The van der Waals surface area contributed by atoms with Crippen LogP contribution in [0.5, 0.6) is 0 Å². The molecule has 2 amide bonds. The van der Waals surface area contributed by atoms with Crippen molar-refractivity contribution in [3.05, 3.63) is 42.2 Å². The van der Waals surface area contributed by atoms with Gasteiger partial charge in [0.15, 0.2) is 5.82 Å². The number of aryl methyl sites for hydroxylation is 1. The number of nitrogens with zero attached hydrogens (tertiary/aromatic N) is 4. The van der Waals surface area contributed by atoms with E-state index in [1.807, 2.05) is 23.1 Å². The van der Waals surface area contributed by atoms with E-state index in [2.05, 4.69) is 22.2 Å². The second-order valence-electron chi connectivity index (χ2n) is 6.85. The van der Waals surface area contributed by atoms with Gasteiger partial charge in [0.2, 0.25) is 11.8 Å². The van der Waals surface area contributed by atoms with Gasteiger partial charge < -0.3 is 14.3 Å². The molecule has 0 spiro atoms. The molecule has 1 aromatic carbocycles. The van der Waals surface area contributed by atoms with Crippen LogP contribution in [-0.4, -0.2) is 54.6 Å². The molecule has 3 heterocycles. The van der Waals surface area contributed by atoms with E-state index in [1.165, 1.54) is 5.69 Å². The summed E-state index contributed by atoms with van der Waals surface area (Å²) in [5, 5.41) is 3.90. The van der Waals surface area contributed by atoms with E-state index < -0.39 is 0 Å². The Labute approximate surface area is 152 Å². The Morgan fingerprint density at radius 3 is 2.54 bits per heavy atom. The third-order valence-electron chi connectivity index (χ3n) is 5.08. The number of carbonyl (C=O) groups is 2. The first-order chi connectivity index (χ1) is 12.6. The Morgan fingerprint density at radius 2 is 1.88 bits per heavy atom. The van der Waals surface area contributed by atoms with E-state index in [-0.39, 0.29) is 24.2 Å². The number of hydrogen-bond acceptors (Lipinski definition) is 5. The van der Waals surface area contributed by atoms with Crippen molar-refractivity contribution in [3.8, 4) is 0 Å². The van der Waals surface area contributed by atoms with E-state index in [4.69, 9.17) is 4.52 Å². The summed E-state index contributed by atoms with van der Waals surface area (Å²) in [6.07, 6.45) is 0.240. The molecule has 26 heavy (non-hydrogen) atoms. The smallest absolute Gasteiger partial charge is 0.229 e. The highest BCUT2D eigenvalue weighted by molar-refractivity contribution is 5.99. The average Bonchev–Trinajstić information content (AvgIpc) is 3.27. The summed E-state index contributed by atoms with van der Waals surface area (Å²) in [5.74, 6) is 0.840. The maximum Gasteiger partial charge on any atom is 0.229 e. The van der Waals surface area contributed by atoms with Gasteiger partial charge in [0.05, 0.1) is 5.92 Å². The molecule has 0 N–H and O–H groups in total. The Balaban J connectivity index is 1.36. The second-order valence-corrected chi connectivity index (χ2v) is 6.85. The van der Waals surface area contributed by atoms with Crippen molar-refractivity contribution < 1.29 is 14.1 Å². The fourth-order valence-electron chi connectivity index (χ4n) is 3.66. The molecular formula is C19H22N4O3. The third-order valence-corrected chi connectivity index (χ3v) is 5.08. The van der Waals surface area contributed by atoms with Gasteiger partial charge in [-0.1, -0.05) is 23.4 Å². The third kappa shape index (κ3) is 3.16. The van der Waals surface area contributed by atoms with Gasteiger partial charge in [-0.25, -0.2) is 0 Å². The molecule has 1 aromatic heterocycles. The minimum absolute atomic E-state index is 0.0637. The number of anilines is 2. The summed E-state index contributed by atoms with van der Waals surface area (Å²) < 4.78 is 5.05. The molecule has 0 radical (unpaired) electrons. The van der Waals surface area contributed by atoms with E-state index in [0.717, 1.165) is 13.1 Å². The van der Waals surface area contributed by atoms with Crippen molar-refractivity contribution in [2.24, 2.45) is 5.92 Å². The molecule has 2 aliphatic heterocycles. The first kappa shape index (κ1) is 16.6. The molecule has 2 fully saturated rings. The topological polar surface area (TPSA) is 69.9 Å². The molecule has 2 saturated heterocycles. The van der Waals surface area contributed by atoms with Gasteiger partial charge >= 0.3 is 0 Å². The lowest BCUT2D eigenvalue weighted by Crippen LogP contribution is -2.50. The predicted molar refractivity (Wildman–Crippen MR) is 96.9 cm³/mol. The molecule has 0 bridgehead atoms. The van der Waals surface area contributed by atoms with Crippen LogP contribution in [0.4, 0.5) is 11.5 Å². The second kappa shape index (κ2) is 6.82. The first-order valence-electron chi connectivity index (χ1n) is 8.94. The molecule has 0 saturated carbocycles. The van der Waals surface area contributed by atoms with Crippen LogP contribution in [0.1, 0.15) is 12.2 Å². The molecule has 1 atom stereocenters. The zero-order valence-corrected chi connectivity index (χ0v) is 14.8. The number of aromatic nitrogens is 1. The molecule has 136 valence electrons. The number of hydrogen-bond donors (Lipinski definition) is 0. The highest BCUT2D eigenvalue weighted by Gasteiger charge is 2.38. The Bertz CT molecular complexity index is 796. The highest BCUT2D eigenvalue weighted by Crippen LogP contribution is 2.26. The molecule has 2 aromatic rings. The van der Waals surface area contributed by atoms with Crippen LogP contribution < -0.4 is 9.80 Å². The molecular weight excluding hydrogens is 332 g/mol. The minimum atomic E-state index is -0.303. The highest BCUT2D eigenvalue weighted by atomic mass is 16.5. The van der Waals surface area contributed by atoms with Crippen molar-refractivity contribution in [3.63, 3.8) is 0 Å². The van der Waals surface area contributed by atoms with Crippen LogP contribution in [0.15, 0.2) is 40.9 Å². The molecule has 7 nitrogen and oxygen atoms in total. The van der Waals surface area contributed by atoms with Gasteiger partial charge in [-0.3, -0.25) is 14.5 Å². The van der Waals surface area contributed by atoms with Gasteiger partial charge in [0.25, 0.3) is 0 Å². The van der Waals surface area contributed by atoms with Crippen molar-refractivity contribution in [2.45, 2.75) is 13.3 Å². The zero-order chi connectivity index (χ0) is 18.1. The van der Waals surface area contributed by atoms with Crippen LogP contribution in [0.2, 0.25) is 0 Å². The Morgan fingerprint density at radius 1 is 1.15 bits per heavy atom. The van der Waals surface area contributed by atoms with Gasteiger partial charge in [0, 0.05) is 50.9 Å². The first-order valence-corrected chi connectivity index (χ1v) is 8.94. The molecule has 7 heteroatoms. The number of amides is 2.